The highest BCUT2D eigenvalue weighted by molar-refractivity contribution is 5.81. The lowest BCUT2D eigenvalue weighted by molar-refractivity contribution is -0.152. The molecule has 0 aromatic heterocycles. The largest absolute Gasteiger partial charge is 0.497 e. The number of benzene rings is 2. The number of methoxy groups -OCH3 is 1. The molecule has 1 amide bonds. The van der Waals surface area contributed by atoms with Crippen molar-refractivity contribution in [2.45, 2.75) is 25.4 Å². The number of hydrogen-bond donors (Lipinski definition) is 1. The van der Waals surface area contributed by atoms with E-state index < -0.39 is 17.9 Å². The van der Waals surface area contributed by atoms with Crippen molar-refractivity contribution in [3.05, 3.63) is 65.7 Å². The van der Waals surface area contributed by atoms with Crippen molar-refractivity contribution in [2.75, 3.05) is 7.11 Å². The maximum atomic E-state index is 12.6. The van der Waals surface area contributed by atoms with Crippen LogP contribution in [0.1, 0.15) is 30.0 Å². The summed E-state index contributed by atoms with van der Waals surface area (Å²) in [5, 5.41) is 9.65. The van der Waals surface area contributed by atoms with Gasteiger partial charge in [-0.2, -0.15) is 0 Å². The van der Waals surface area contributed by atoms with Gasteiger partial charge in [0, 0.05) is 13.0 Å². The van der Waals surface area contributed by atoms with Gasteiger partial charge in [-0.15, -0.1) is 0 Å². The molecule has 1 aliphatic rings. The van der Waals surface area contributed by atoms with Crippen LogP contribution in [-0.4, -0.2) is 29.0 Å². The molecule has 5 heteroatoms. The number of rotatable bonds is 5. The van der Waals surface area contributed by atoms with Crippen LogP contribution < -0.4 is 4.74 Å². The van der Waals surface area contributed by atoms with E-state index in [0.717, 1.165) is 16.9 Å². The third kappa shape index (κ3) is 3.65. The fourth-order valence-corrected chi connectivity index (χ4v) is 3.39. The van der Waals surface area contributed by atoms with Crippen LogP contribution in [0.4, 0.5) is 0 Å². The van der Waals surface area contributed by atoms with E-state index in [-0.39, 0.29) is 12.3 Å². The van der Waals surface area contributed by atoms with Gasteiger partial charge in [0.1, 0.15) is 5.75 Å². The SMILES string of the molecule is COc1ccc(CN2C(=O)CC[C@@H](C(=O)O)[C@@H]2c2ccccc2)cc1. The smallest absolute Gasteiger partial charge is 0.308 e. The van der Waals surface area contributed by atoms with E-state index in [1.165, 1.54) is 0 Å². The number of ether oxygens (including phenoxy) is 1. The third-order valence-corrected chi connectivity index (χ3v) is 4.68. The first-order chi connectivity index (χ1) is 12.1. The molecule has 0 aliphatic carbocycles. The molecular formula is C20H21NO4. The highest BCUT2D eigenvalue weighted by Crippen LogP contribution is 2.38. The number of carboxylic acids is 1. The summed E-state index contributed by atoms with van der Waals surface area (Å²) in [6.45, 7) is 0.381. The number of amides is 1. The molecule has 25 heavy (non-hydrogen) atoms. The second-order valence-corrected chi connectivity index (χ2v) is 6.21. The summed E-state index contributed by atoms with van der Waals surface area (Å²) < 4.78 is 5.16. The Hall–Kier alpha value is -2.82. The van der Waals surface area contributed by atoms with Crippen LogP contribution in [0.5, 0.6) is 5.75 Å². The number of likely N-dealkylation sites (tertiary alicyclic amines) is 1. The van der Waals surface area contributed by atoms with Crippen LogP contribution in [0.25, 0.3) is 0 Å². The topological polar surface area (TPSA) is 66.8 Å². The Morgan fingerprint density at radius 3 is 2.44 bits per heavy atom. The Kier molecular flexibility index (Phi) is 5.03. The van der Waals surface area contributed by atoms with Gasteiger partial charge in [0.05, 0.1) is 19.1 Å². The highest BCUT2D eigenvalue weighted by Gasteiger charge is 2.40. The molecule has 130 valence electrons. The quantitative estimate of drug-likeness (QED) is 0.908. The van der Waals surface area contributed by atoms with Crippen molar-refractivity contribution in [3.63, 3.8) is 0 Å². The lowest BCUT2D eigenvalue weighted by atomic mass is 9.84. The van der Waals surface area contributed by atoms with Crippen LogP contribution in [0, 0.1) is 5.92 Å². The molecule has 2 aromatic carbocycles. The number of hydrogen-bond acceptors (Lipinski definition) is 3. The van der Waals surface area contributed by atoms with Gasteiger partial charge in [-0.25, -0.2) is 0 Å². The fourth-order valence-electron chi connectivity index (χ4n) is 3.39. The summed E-state index contributed by atoms with van der Waals surface area (Å²) in [5.41, 5.74) is 1.80. The summed E-state index contributed by atoms with van der Waals surface area (Å²) in [5.74, 6) is -0.724. The third-order valence-electron chi connectivity index (χ3n) is 4.68. The number of carbonyl (C=O) groups is 2. The number of carbonyl (C=O) groups excluding carboxylic acids is 1. The number of piperidine rings is 1. The van der Waals surface area contributed by atoms with Gasteiger partial charge in [0.25, 0.3) is 0 Å². The summed E-state index contributed by atoms with van der Waals surface area (Å²) in [7, 11) is 1.60. The zero-order chi connectivity index (χ0) is 17.8. The first kappa shape index (κ1) is 17.0. The van der Waals surface area contributed by atoms with Gasteiger partial charge >= 0.3 is 5.97 Å². The molecule has 2 aromatic rings. The minimum absolute atomic E-state index is 0.0119. The van der Waals surface area contributed by atoms with Gasteiger partial charge in [-0.05, 0) is 29.7 Å². The van der Waals surface area contributed by atoms with Crippen LogP contribution in [0.15, 0.2) is 54.6 Å². The average Bonchev–Trinajstić information content (AvgIpc) is 2.64. The van der Waals surface area contributed by atoms with Gasteiger partial charge in [-0.1, -0.05) is 42.5 Å². The van der Waals surface area contributed by atoms with Crippen LogP contribution >= 0.6 is 0 Å². The minimum atomic E-state index is -0.860. The van der Waals surface area contributed by atoms with Crippen molar-refractivity contribution in [1.82, 2.24) is 4.90 Å². The maximum Gasteiger partial charge on any atom is 0.308 e. The average molecular weight is 339 g/mol. The molecule has 2 atom stereocenters. The van der Waals surface area contributed by atoms with Crippen molar-refractivity contribution >= 4 is 11.9 Å². The molecule has 1 saturated heterocycles. The van der Waals surface area contributed by atoms with Gasteiger partial charge in [0.15, 0.2) is 0 Å². The van der Waals surface area contributed by atoms with Crippen molar-refractivity contribution in [1.29, 1.82) is 0 Å². The molecule has 1 aliphatic heterocycles. The van der Waals surface area contributed by atoms with Crippen LogP contribution in [-0.2, 0) is 16.1 Å². The Balaban J connectivity index is 1.93. The summed E-state index contributed by atoms with van der Waals surface area (Å²) in [4.78, 5) is 26.0. The lowest BCUT2D eigenvalue weighted by Gasteiger charge is -2.40. The zero-order valence-electron chi connectivity index (χ0n) is 14.1. The zero-order valence-corrected chi connectivity index (χ0v) is 14.1. The first-order valence-corrected chi connectivity index (χ1v) is 8.30. The molecule has 0 radical (unpaired) electrons. The van der Waals surface area contributed by atoms with Gasteiger partial charge in [0.2, 0.25) is 5.91 Å². The molecule has 0 unspecified atom stereocenters. The number of nitrogens with zero attached hydrogens (tertiary/aromatic N) is 1. The van der Waals surface area contributed by atoms with Gasteiger partial charge in [-0.3, -0.25) is 9.59 Å². The van der Waals surface area contributed by atoms with Crippen LogP contribution in [0.3, 0.4) is 0 Å². The Labute approximate surface area is 146 Å². The van der Waals surface area contributed by atoms with E-state index in [1.54, 1.807) is 12.0 Å². The molecule has 3 rings (SSSR count). The predicted molar refractivity (Wildman–Crippen MR) is 93.1 cm³/mol. The normalized spacial score (nSPS) is 20.4. The van der Waals surface area contributed by atoms with E-state index in [2.05, 4.69) is 0 Å². The Bertz CT molecular complexity index is 742. The molecule has 0 saturated carbocycles. The molecule has 5 nitrogen and oxygen atoms in total. The molecule has 0 spiro atoms. The number of aliphatic carboxylic acids is 1. The minimum Gasteiger partial charge on any atom is -0.497 e. The summed E-state index contributed by atoms with van der Waals surface area (Å²) in [6, 6.07) is 16.4. The van der Waals surface area contributed by atoms with E-state index in [4.69, 9.17) is 4.74 Å². The second-order valence-electron chi connectivity index (χ2n) is 6.21. The second kappa shape index (κ2) is 7.38. The van der Waals surface area contributed by atoms with Crippen molar-refractivity contribution in [3.8, 4) is 5.75 Å². The van der Waals surface area contributed by atoms with Crippen molar-refractivity contribution < 1.29 is 19.4 Å². The maximum absolute atomic E-state index is 12.6. The molecular weight excluding hydrogens is 318 g/mol. The Morgan fingerprint density at radius 2 is 1.84 bits per heavy atom. The van der Waals surface area contributed by atoms with Crippen LogP contribution in [0.2, 0.25) is 0 Å². The molecule has 1 N–H and O–H groups in total. The van der Waals surface area contributed by atoms with E-state index in [0.29, 0.717) is 13.0 Å². The predicted octanol–water partition coefficient (Wildman–Crippen LogP) is 3.26. The summed E-state index contributed by atoms with van der Waals surface area (Å²) >= 11 is 0. The van der Waals surface area contributed by atoms with E-state index in [9.17, 15) is 14.7 Å². The first-order valence-electron chi connectivity index (χ1n) is 8.30. The molecule has 1 heterocycles. The highest BCUT2D eigenvalue weighted by atomic mass is 16.5. The van der Waals surface area contributed by atoms with E-state index >= 15 is 0 Å². The molecule has 0 bridgehead atoms. The number of carboxylic acid groups (broad SMARTS) is 1. The lowest BCUT2D eigenvalue weighted by Crippen LogP contribution is -2.44. The van der Waals surface area contributed by atoms with E-state index in [1.807, 2.05) is 54.6 Å². The fraction of sp³-hybridized carbons (Fsp3) is 0.300. The van der Waals surface area contributed by atoms with Crippen molar-refractivity contribution in [2.24, 2.45) is 5.92 Å². The molecule has 1 fully saturated rings. The standard InChI is InChI=1S/C20H21NO4/c1-25-16-9-7-14(8-10-16)13-21-18(22)12-11-17(20(23)24)19(21)15-5-3-2-4-6-15/h2-10,17,19H,11-13H2,1H3,(H,23,24)/t17-,19+/m1/s1. The monoisotopic (exact) mass is 339 g/mol. The summed E-state index contributed by atoms with van der Waals surface area (Å²) in [6.07, 6.45) is 0.628. The van der Waals surface area contributed by atoms with Gasteiger partial charge < -0.3 is 14.7 Å². The Morgan fingerprint density at radius 1 is 1.16 bits per heavy atom.